The van der Waals surface area contributed by atoms with Crippen LogP contribution in [0, 0.1) is 5.92 Å². The van der Waals surface area contributed by atoms with Crippen LogP contribution in [0.15, 0.2) is 35.5 Å². The van der Waals surface area contributed by atoms with Crippen molar-refractivity contribution >= 4 is 5.71 Å². The summed E-state index contributed by atoms with van der Waals surface area (Å²) in [6.45, 7) is 2.37. The van der Waals surface area contributed by atoms with Gasteiger partial charge in [0.25, 0.3) is 0 Å². The first kappa shape index (κ1) is 13.1. The molecule has 0 aliphatic heterocycles. The Morgan fingerprint density at radius 2 is 2.11 bits per heavy atom. The second kappa shape index (κ2) is 6.52. The fourth-order valence-corrected chi connectivity index (χ4v) is 2.22. The number of oxime groups is 1. The summed E-state index contributed by atoms with van der Waals surface area (Å²) >= 11 is 0. The predicted octanol–water partition coefficient (Wildman–Crippen LogP) is 2.64. The Morgan fingerprint density at radius 1 is 1.33 bits per heavy atom. The summed E-state index contributed by atoms with van der Waals surface area (Å²) in [4.78, 5) is 9.95. The van der Waals surface area contributed by atoms with Gasteiger partial charge in [0.15, 0.2) is 0 Å². The zero-order chi connectivity index (χ0) is 12.8. The largest absolute Gasteiger partial charge is 0.328 e. The SMILES string of the molecule is C/C(=N\OOCc1ccccc1)[C@H]1CC[C@@H](N)C1. The minimum atomic E-state index is 0.311. The first-order valence-corrected chi connectivity index (χ1v) is 6.38. The maximum Gasteiger partial charge on any atom is 0.122 e. The zero-order valence-corrected chi connectivity index (χ0v) is 10.7. The predicted molar refractivity (Wildman–Crippen MR) is 70.7 cm³/mol. The van der Waals surface area contributed by atoms with E-state index in [0.29, 0.717) is 18.6 Å². The van der Waals surface area contributed by atoms with Crippen LogP contribution in [0.5, 0.6) is 0 Å². The lowest BCUT2D eigenvalue weighted by molar-refractivity contribution is -0.305. The van der Waals surface area contributed by atoms with Crippen molar-refractivity contribution < 1.29 is 9.88 Å². The van der Waals surface area contributed by atoms with Gasteiger partial charge in [0.2, 0.25) is 0 Å². The van der Waals surface area contributed by atoms with Crippen LogP contribution < -0.4 is 5.73 Å². The van der Waals surface area contributed by atoms with Crippen LogP contribution in [-0.2, 0) is 16.5 Å². The Bertz CT molecular complexity index is 392. The molecule has 1 aliphatic carbocycles. The third-order valence-corrected chi connectivity index (χ3v) is 3.37. The van der Waals surface area contributed by atoms with E-state index in [4.69, 9.17) is 15.6 Å². The van der Waals surface area contributed by atoms with Gasteiger partial charge in [0.05, 0.1) is 5.71 Å². The van der Waals surface area contributed by atoms with Gasteiger partial charge in [-0.25, -0.2) is 4.99 Å². The molecule has 98 valence electrons. The van der Waals surface area contributed by atoms with Crippen LogP contribution in [0.3, 0.4) is 0 Å². The van der Waals surface area contributed by atoms with E-state index in [9.17, 15) is 0 Å². The number of rotatable bonds is 5. The van der Waals surface area contributed by atoms with E-state index in [-0.39, 0.29) is 0 Å². The average Bonchev–Trinajstić information content (AvgIpc) is 2.82. The summed E-state index contributed by atoms with van der Waals surface area (Å²) in [5.74, 6) is 0.445. The molecule has 1 aliphatic rings. The van der Waals surface area contributed by atoms with Gasteiger partial charge in [-0.05, 0) is 31.7 Å². The third-order valence-electron chi connectivity index (χ3n) is 3.37. The molecule has 1 saturated carbocycles. The van der Waals surface area contributed by atoms with Gasteiger partial charge < -0.3 is 5.73 Å². The zero-order valence-electron chi connectivity index (χ0n) is 10.7. The highest BCUT2D eigenvalue weighted by Gasteiger charge is 2.24. The number of hydrogen-bond acceptors (Lipinski definition) is 4. The molecule has 0 radical (unpaired) electrons. The highest BCUT2D eigenvalue weighted by atomic mass is 17.3. The summed E-state index contributed by atoms with van der Waals surface area (Å²) in [5, 5.41) is 3.99. The Morgan fingerprint density at radius 3 is 2.78 bits per heavy atom. The standard InChI is InChI=1S/C14H20N2O2/c1-11(13-7-8-14(15)9-13)16-18-17-10-12-5-3-2-4-6-12/h2-6,13-14H,7-10,15H2,1H3/b16-11+/t13-,14+/m0/s1. The third kappa shape index (κ3) is 3.82. The first-order valence-electron chi connectivity index (χ1n) is 6.38. The average molecular weight is 248 g/mol. The molecule has 0 amide bonds. The Balaban J connectivity index is 1.71. The summed E-state index contributed by atoms with van der Waals surface area (Å²) in [7, 11) is 0. The first-order chi connectivity index (χ1) is 8.75. The Kier molecular flexibility index (Phi) is 4.73. The van der Waals surface area contributed by atoms with E-state index in [2.05, 4.69) is 5.16 Å². The molecular formula is C14H20N2O2. The normalized spacial score (nSPS) is 24.2. The van der Waals surface area contributed by atoms with Crippen LogP contribution in [-0.4, -0.2) is 11.8 Å². The Labute approximate surface area is 108 Å². The molecule has 0 aromatic heterocycles. The molecule has 1 fully saturated rings. The molecule has 0 spiro atoms. The molecule has 2 atom stereocenters. The van der Waals surface area contributed by atoms with Crippen molar-refractivity contribution in [3.05, 3.63) is 35.9 Å². The van der Waals surface area contributed by atoms with Crippen molar-refractivity contribution in [2.45, 2.75) is 38.8 Å². The van der Waals surface area contributed by atoms with Gasteiger partial charge in [-0.3, -0.25) is 0 Å². The molecule has 0 bridgehead atoms. The summed E-state index contributed by atoms with van der Waals surface area (Å²) < 4.78 is 0. The highest BCUT2D eigenvalue weighted by Crippen LogP contribution is 2.25. The molecule has 4 heteroatoms. The molecule has 4 nitrogen and oxygen atoms in total. The maximum absolute atomic E-state index is 5.87. The molecule has 0 heterocycles. The van der Waals surface area contributed by atoms with Crippen LogP contribution in [0.25, 0.3) is 0 Å². The fraction of sp³-hybridized carbons (Fsp3) is 0.500. The van der Waals surface area contributed by atoms with Gasteiger partial charge in [-0.1, -0.05) is 35.5 Å². The lowest BCUT2D eigenvalue weighted by Crippen LogP contribution is -2.17. The summed E-state index contributed by atoms with van der Waals surface area (Å²) in [5.41, 5.74) is 7.90. The molecule has 1 aromatic carbocycles. The topological polar surface area (TPSA) is 56.8 Å². The van der Waals surface area contributed by atoms with E-state index in [1.165, 1.54) is 0 Å². The number of benzene rings is 1. The molecule has 2 rings (SSSR count). The number of hydrogen-bond donors (Lipinski definition) is 1. The monoisotopic (exact) mass is 248 g/mol. The second-order valence-corrected chi connectivity index (χ2v) is 4.83. The van der Waals surface area contributed by atoms with Crippen molar-refractivity contribution in [2.24, 2.45) is 16.8 Å². The van der Waals surface area contributed by atoms with Crippen LogP contribution >= 0.6 is 0 Å². The fourth-order valence-electron chi connectivity index (χ4n) is 2.22. The lowest BCUT2D eigenvalue weighted by Gasteiger charge is -2.07. The van der Waals surface area contributed by atoms with E-state index >= 15 is 0 Å². The van der Waals surface area contributed by atoms with Crippen LogP contribution in [0.2, 0.25) is 0 Å². The quantitative estimate of drug-likeness (QED) is 0.377. The van der Waals surface area contributed by atoms with Gasteiger partial charge >= 0.3 is 0 Å². The van der Waals surface area contributed by atoms with E-state index in [0.717, 1.165) is 30.5 Å². The van der Waals surface area contributed by atoms with Gasteiger partial charge in [-0.15, -0.1) is 0 Å². The lowest BCUT2D eigenvalue weighted by atomic mass is 10.0. The van der Waals surface area contributed by atoms with Crippen molar-refractivity contribution in [1.82, 2.24) is 0 Å². The van der Waals surface area contributed by atoms with E-state index in [1.54, 1.807) is 0 Å². The minimum absolute atomic E-state index is 0.311. The van der Waals surface area contributed by atoms with Crippen molar-refractivity contribution in [3.63, 3.8) is 0 Å². The Hall–Kier alpha value is -1.39. The number of nitrogens with two attached hydrogens (primary N) is 1. The molecule has 0 unspecified atom stereocenters. The molecule has 0 saturated heterocycles. The minimum Gasteiger partial charge on any atom is -0.328 e. The van der Waals surface area contributed by atoms with Crippen molar-refractivity contribution in [3.8, 4) is 0 Å². The summed E-state index contributed by atoms with van der Waals surface area (Å²) in [6.07, 6.45) is 3.17. The van der Waals surface area contributed by atoms with Crippen molar-refractivity contribution in [1.29, 1.82) is 0 Å². The van der Waals surface area contributed by atoms with Crippen molar-refractivity contribution in [2.75, 3.05) is 0 Å². The van der Waals surface area contributed by atoms with Gasteiger partial charge in [-0.2, -0.15) is 4.89 Å². The van der Waals surface area contributed by atoms with E-state index < -0.39 is 0 Å². The smallest absolute Gasteiger partial charge is 0.122 e. The summed E-state index contributed by atoms with van der Waals surface area (Å²) in [6, 6.07) is 10.2. The van der Waals surface area contributed by atoms with Crippen LogP contribution in [0.1, 0.15) is 31.7 Å². The molecule has 1 aromatic rings. The number of nitrogens with zero attached hydrogens (tertiary/aromatic N) is 1. The van der Waals surface area contributed by atoms with Gasteiger partial charge in [0, 0.05) is 12.0 Å². The maximum atomic E-state index is 5.87. The highest BCUT2D eigenvalue weighted by molar-refractivity contribution is 5.84. The molecular weight excluding hydrogens is 228 g/mol. The van der Waals surface area contributed by atoms with E-state index in [1.807, 2.05) is 37.3 Å². The van der Waals surface area contributed by atoms with Crippen LogP contribution in [0.4, 0.5) is 0 Å². The molecule has 18 heavy (non-hydrogen) atoms. The molecule has 2 N–H and O–H groups in total. The van der Waals surface area contributed by atoms with Gasteiger partial charge in [0.1, 0.15) is 6.61 Å². The second-order valence-electron chi connectivity index (χ2n) is 4.83.